The Morgan fingerprint density at radius 3 is 1.52 bits per heavy atom. The van der Waals surface area contributed by atoms with E-state index in [4.69, 9.17) is 34.8 Å². The molecule has 0 nitrogen and oxygen atoms in total. The second-order valence-electron chi connectivity index (χ2n) is 5.35. The minimum Gasteiger partial charge on any atom is -0.138 e. The Balaban J connectivity index is 2.01. The third-order valence-electron chi connectivity index (χ3n) is 3.57. The van der Waals surface area contributed by atoms with E-state index in [0.717, 1.165) is 11.5 Å². The first-order chi connectivity index (χ1) is 10.9. The van der Waals surface area contributed by atoms with Crippen molar-refractivity contribution in [1.29, 1.82) is 0 Å². The van der Waals surface area contributed by atoms with Crippen LogP contribution in [-0.4, -0.2) is 8.37 Å². The smallest absolute Gasteiger partial charge is 0.138 e. The van der Waals surface area contributed by atoms with Gasteiger partial charge in [-0.3, -0.25) is 0 Å². The first-order valence-corrected chi connectivity index (χ1v) is 10.5. The Kier molecular flexibility index (Phi) is 7.50. The van der Waals surface area contributed by atoms with E-state index in [0.29, 0.717) is 0 Å². The van der Waals surface area contributed by atoms with Crippen molar-refractivity contribution in [3.05, 3.63) is 70.8 Å². The van der Waals surface area contributed by atoms with E-state index in [-0.39, 0.29) is 4.58 Å². The van der Waals surface area contributed by atoms with Crippen LogP contribution in [0.5, 0.6) is 0 Å². The van der Waals surface area contributed by atoms with E-state index < -0.39 is 3.79 Å². The van der Waals surface area contributed by atoms with Crippen LogP contribution in [0.4, 0.5) is 0 Å². The van der Waals surface area contributed by atoms with Crippen LogP contribution in [0.2, 0.25) is 0 Å². The topological polar surface area (TPSA) is 0 Å². The molecule has 0 bridgehead atoms. The first-order valence-electron chi connectivity index (χ1n) is 7.27. The summed E-state index contributed by atoms with van der Waals surface area (Å²) >= 11 is 22.0. The molecule has 0 heterocycles. The third kappa shape index (κ3) is 6.10. The molecule has 2 aromatic rings. The van der Waals surface area contributed by atoms with Gasteiger partial charge in [-0.25, -0.2) is 0 Å². The standard InChI is InChI=1S/C18H19Cl3S2/c1-13-7-3-5-9-15(13)11-22-17(18(19,20)21)23-12-16-10-6-4-8-14(16)2/h3-10,17H,11-12H2,1-2H3. The number of rotatable bonds is 6. The van der Waals surface area contributed by atoms with Crippen molar-refractivity contribution in [2.45, 2.75) is 33.7 Å². The van der Waals surface area contributed by atoms with Crippen molar-refractivity contribution < 1.29 is 0 Å². The Hall–Kier alpha value is 0.01000. The van der Waals surface area contributed by atoms with E-state index >= 15 is 0 Å². The molecule has 124 valence electrons. The largest absolute Gasteiger partial charge is 0.211 e. The van der Waals surface area contributed by atoms with Gasteiger partial charge in [-0.15, -0.1) is 23.5 Å². The molecule has 0 saturated heterocycles. The summed E-state index contributed by atoms with van der Waals surface area (Å²) in [6.45, 7) is 4.22. The Labute approximate surface area is 162 Å². The highest BCUT2D eigenvalue weighted by Gasteiger charge is 2.33. The minimum absolute atomic E-state index is 0.119. The molecule has 2 rings (SSSR count). The average molecular weight is 406 g/mol. The number of benzene rings is 2. The van der Waals surface area contributed by atoms with Crippen LogP contribution in [0, 0.1) is 13.8 Å². The highest BCUT2D eigenvalue weighted by atomic mass is 35.6. The number of halogens is 3. The third-order valence-corrected chi connectivity index (χ3v) is 8.09. The summed E-state index contributed by atoms with van der Waals surface area (Å²) in [7, 11) is 0. The highest BCUT2D eigenvalue weighted by molar-refractivity contribution is 8.16. The van der Waals surface area contributed by atoms with Gasteiger partial charge in [-0.05, 0) is 36.1 Å². The summed E-state index contributed by atoms with van der Waals surface area (Å²) in [5, 5.41) is 0. The van der Waals surface area contributed by atoms with E-state index in [9.17, 15) is 0 Å². The maximum absolute atomic E-state index is 6.20. The van der Waals surface area contributed by atoms with E-state index in [1.165, 1.54) is 22.3 Å². The Morgan fingerprint density at radius 1 is 0.783 bits per heavy atom. The molecule has 0 amide bonds. The molecule has 0 aromatic heterocycles. The SMILES string of the molecule is Cc1ccccc1CSC(SCc1ccccc1C)C(Cl)(Cl)Cl. The van der Waals surface area contributed by atoms with Crippen molar-refractivity contribution in [2.24, 2.45) is 0 Å². The molecule has 0 fully saturated rings. The maximum Gasteiger partial charge on any atom is 0.211 e. The molecule has 0 atom stereocenters. The first kappa shape index (κ1) is 19.3. The molecule has 5 heteroatoms. The predicted octanol–water partition coefficient (Wildman–Crippen LogP) is 7.17. The fourth-order valence-electron chi connectivity index (χ4n) is 2.11. The molecule has 23 heavy (non-hydrogen) atoms. The summed E-state index contributed by atoms with van der Waals surface area (Å²) in [5.41, 5.74) is 5.11. The number of hydrogen-bond acceptors (Lipinski definition) is 2. The molecule has 2 aromatic carbocycles. The second-order valence-corrected chi connectivity index (χ2v) is 10.2. The monoisotopic (exact) mass is 404 g/mol. The fourth-order valence-corrected chi connectivity index (χ4v) is 5.73. The zero-order valence-corrected chi connectivity index (χ0v) is 17.0. The molecule has 0 aliphatic heterocycles. The van der Waals surface area contributed by atoms with Gasteiger partial charge in [0.1, 0.15) is 0 Å². The Bertz CT molecular complexity index is 589. The molecular weight excluding hydrogens is 387 g/mol. The lowest BCUT2D eigenvalue weighted by atomic mass is 10.1. The molecule has 0 unspecified atom stereocenters. The van der Waals surface area contributed by atoms with Crippen molar-refractivity contribution in [1.82, 2.24) is 0 Å². The van der Waals surface area contributed by atoms with Crippen LogP contribution >= 0.6 is 58.3 Å². The highest BCUT2D eigenvalue weighted by Crippen LogP contribution is 2.46. The fraction of sp³-hybridized carbons (Fsp3) is 0.333. The Morgan fingerprint density at radius 2 is 1.17 bits per heavy atom. The predicted molar refractivity (Wildman–Crippen MR) is 109 cm³/mol. The number of thioether (sulfide) groups is 2. The van der Waals surface area contributed by atoms with Crippen molar-refractivity contribution >= 4 is 58.3 Å². The lowest BCUT2D eigenvalue weighted by molar-refractivity contribution is 1.19. The number of hydrogen-bond donors (Lipinski definition) is 0. The summed E-state index contributed by atoms with van der Waals surface area (Å²) in [6.07, 6.45) is 0. The van der Waals surface area contributed by atoms with Crippen LogP contribution in [0.25, 0.3) is 0 Å². The molecule has 0 radical (unpaired) electrons. The van der Waals surface area contributed by atoms with Gasteiger partial charge in [-0.1, -0.05) is 83.3 Å². The van der Waals surface area contributed by atoms with Gasteiger partial charge in [0.25, 0.3) is 0 Å². The quantitative estimate of drug-likeness (QED) is 0.369. The zero-order chi connectivity index (χ0) is 16.9. The molecule has 0 spiro atoms. The van der Waals surface area contributed by atoms with Gasteiger partial charge in [0.15, 0.2) is 0 Å². The lowest BCUT2D eigenvalue weighted by Gasteiger charge is -2.24. The van der Waals surface area contributed by atoms with Crippen molar-refractivity contribution in [3.8, 4) is 0 Å². The number of alkyl halides is 3. The maximum atomic E-state index is 6.20. The van der Waals surface area contributed by atoms with E-state index in [1.807, 2.05) is 24.3 Å². The van der Waals surface area contributed by atoms with Gasteiger partial charge < -0.3 is 0 Å². The normalized spacial score (nSPS) is 11.9. The zero-order valence-electron chi connectivity index (χ0n) is 13.1. The molecule has 0 aliphatic rings. The molecule has 0 N–H and O–H groups in total. The van der Waals surface area contributed by atoms with Gasteiger partial charge >= 0.3 is 0 Å². The van der Waals surface area contributed by atoms with Crippen LogP contribution in [0.1, 0.15) is 22.3 Å². The van der Waals surface area contributed by atoms with Crippen molar-refractivity contribution in [2.75, 3.05) is 0 Å². The van der Waals surface area contributed by atoms with Gasteiger partial charge in [0.05, 0.1) is 4.58 Å². The van der Waals surface area contributed by atoms with E-state index in [2.05, 4.69) is 38.1 Å². The summed E-state index contributed by atoms with van der Waals surface area (Å²) in [4.78, 5) is 0. The second kappa shape index (κ2) is 8.92. The van der Waals surface area contributed by atoms with Gasteiger partial charge in [0, 0.05) is 11.5 Å². The lowest BCUT2D eigenvalue weighted by Crippen LogP contribution is -2.19. The van der Waals surface area contributed by atoms with Crippen molar-refractivity contribution in [3.63, 3.8) is 0 Å². The van der Waals surface area contributed by atoms with Crippen LogP contribution < -0.4 is 0 Å². The number of aryl methyl sites for hydroxylation is 2. The average Bonchev–Trinajstić information content (AvgIpc) is 2.49. The summed E-state index contributed by atoms with van der Waals surface area (Å²) in [5.74, 6) is 1.68. The molecule has 0 aliphatic carbocycles. The van der Waals surface area contributed by atoms with Crippen LogP contribution in [-0.2, 0) is 11.5 Å². The molecule has 0 saturated carbocycles. The van der Waals surface area contributed by atoms with Crippen LogP contribution in [0.3, 0.4) is 0 Å². The summed E-state index contributed by atoms with van der Waals surface area (Å²) in [6, 6.07) is 16.7. The van der Waals surface area contributed by atoms with E-state index in [1.54, 1.807) is 23.5 Å². The van der Waals surface area contributed by atoms with Gasteiger partial charge in [0.2, 0.25) is 3.79 Å². The van der Waals surface area contributed by atoms with Crippen LogP contribution in [0.15, 0.2) is 48.5 Å². The van der Waals surface area contributed by atoms with Gasteiger partial charge in [-0.2, -0.15) is 0 Å². The summed E-state index contributed by atoms with van der Waals surface area (Å²) < 4.78 is -1.41. The minimum atomic E-state index is -1.29. The molecular formula is C18H19Cl3S2.